The van der Waals surface area contributed by atoms with Crippen LogP contribution in [0.3, 0.4) is 0 Å². The molecule has 0 unspecified atom stereocenters. The zero-order valence-electron chi connectivity index (χ0n) is 36.9. The number of urea groups is 1. The Hall–Kier alpha value is -3.37. The van der Waals surface area contributed by atoms with E-state index in [1.165, 1.54) is 38.1 Å². The van der Waals surface area contributed by atoms with Gasteiger partial charge in [-0.3, -0.25) is 9.59 Å². The summed E-state index contributed by atoms with van der Waals surface area (Å²) in [6, 6.07) is 12.0. The van der Waals surface area contributed by atoms with Crippen LogP contribution in [-0.4, -0.2) is 81.9 Å². The molecule has 6 aromatic rings. The number of carbonyl (C=O) groups is 5. The Labute approximate surface area is 484 Å². The Morgan fingerprint density at radius 1 is 0.471 bits per heavy atom. The molecule has 31 heteroatoms. The predicted octanol–water partition coefficient (Wildman–Crippen LogP) is -7.80. The van der Waals surface area contributed by atoms with E-state index in [0.717, 1.165) is 36.4 Å². The second kappa shape index (κ2) is 21.2. The molecule has 23 nitrogen and oxygen atoms in total. The summed E-state index contributed by atoms with van der Waals surface area (Å²) >= 11 is 0. The van der Waals surface area contributed by atoms with Gasteiger partial charge in [-0.05, 0) is 109 Å². The smallest absolute Gasteiger partial charge is 0.744 e. The van der Waals surface area contributed by atoms with E-state index in [-0.39, 0.29) is 162 Å². The first kappa shape index (κ1) is 59.2. The van der Waals surface area contributed by atoms with Gasteiger partial charge in [-0.15, -0.1) is 0 Å². The minimum absolute atomic E-state index is 0. The summed E-state index contributed by atoms with van der Waals surface area (Å²) in [4.78, 5) is 65.0. The molecular formula is C39H22N4Na4O19S4. The molecule has 0 saturated carbocycles. The molecule has 2 aliphatic heterocycles. The second-order valence-corrected chi connectivity index (χ2v) is 19.9. The zero-order valence-corrected chi connectivity index (χ0v) is 48.1. The van der Waals surface area contributed by atoms with Crippen LogP contribution >= 0.6 is 0 Å². The van der Waals surface area contributed by atoms with Crippen LogP contribution in [0.2, 0.25) is 0 Å². The van der Waals surface area contributed by atoms with Crippen LogP contribution < -0.4 is 148 Å². The van der Waals surface area contributed by atoms with Crippen LogP contribution in [0.1, 0.15) is 31.8 Å². The number of rotatable bonds is 8. The van der Waals surface area contributed by atoms with Gasteiger partial charge in [0, 0.05) is 33.3 Å². The third-order valence-electron chi connectivity index (χ3n) is 10.1. The number of nitrogens with zero attached hydrogens (tertiary/aromatic N) is 2. The molecule has 0 spiro atoms. The van der Waals surface area contributed by atoms with Crippen molar-refractivity contribution >= 4 is 115 Å². The zero-order chi connectivity index (χ0) is 48.2. The van der Waals surface area contributed by atoms with Crippen LogP contribution in [0.15, 0.2) is 105 Å². The number of imide groups is 2. The number of carbonyl (C=O) groups excluding carboxylic acids is 5. The van der Waals surface area contributed by atoms with E-state index in [9.17, 15) is 75.9 Å². The van der Waals surface area contributed by atoms with Crippen molar-refractivity contribution in [2.75, 3.05) is 20.4 Å². The molecule has 0 aliphatic carbocycles. The van der Waals surface area contributed by atoms with Crippen LogP contribution in [0.25, 0.3) is 21.5 Å². The van der Waals surface area contributed by atoms with Crippen LogP contribution in [0, 0.1) is 13.8 Å². The largest absolute Gasteiger partial charge is 1.00 e. The number of hydrogen-bond acceptors (Lipinski definition) is 19. The summed E-state index contributed by atoms with van der Waals surface area (Å²) < 4.78 is 154. The van der Waals surface area contributed by atoms with Gasteiger partial charge in [-0.2, -0.15) is 0 Å². The molecule has 2 N–H and O–H groups in total. The molecule has 0 bridgehead atoms. The number of hydrogen-bond donors (Lipinski definition) is 2. The summed E-state index contributed by atoms with van der Waals surface area (Å²) in [5, 5.41) is 3.84. The minimum Gasteiger partial charge on any atom is -0.744 e. The van der Waals surface area contributed by atoms with Crippen molar-refractivity contribution < 1.29 is 204 Å². The van der Waals surface area contributed by atoms with Crippen molar-refractivity contribution in [1.29, 1.82) is 0 Å². The molecule has 6 aromatic carbocycles. The van der Waals surface area contributed by atoms with Crippen molar-refractivity contribution in [1.82, 2.24) is 0 Å². The van der Waals surface area contributed by atoms with E-state index in [4.69, 9.17) is 9.47 Å². The standard InChI is InChI=1S/C39H26N4O19S4.4Na/c1-17-3-5-19(35(44)42-29-13-23(63(49,50)51)7-21-9-25(65(55,56)57)15-31(33(21)29)61-38(42)47)11-27(17)40-37(46)41-28-12-20(6-4-18(28)2)36(45)43-30-14-24(64(52,53)54)8-22-10-26(66(58,59)60)16-32(34(22)30)62-39(43)48;;;;/h3-16H,1-2H3,(H2,40,41,46)(H,49,50,51)(H,52,53,54)(H,55,56,57)(H,58,59,60);;;;/q;4*+1/p-4. The van der Waals surface area contributed by atoms with E-state index in [1.807, 2.05) is 0 Å². The minimum atomic E-state index is -5.32. The van der Waals surface area contributed by atoms with Gasteiger partial charge in [0.25, 0.3) is 11.8 Å². The summed E-state index contributed by atoms with van der Waals surface area (Å²) in [6.07, 6.45) is -2.99. The maximum Gasteiger partial charge on any atom is 1.00 e. The first-order valence-corrected chi connectivity index (χ1v) is 23.7. The Morgan fingerprint density at radius 3 is 1.07 bits per heavy atom. The number of nitrogens with one attached hydrogen (secondary N) is 2. The SMILES string of the molecule is Cc1ccc(C(=O)N2C(=O)Oc3cc(S(=O)(=O)[O-])cc4cc(S(=O)(=O)[O-])cc2c34)cc1NC(=O)Nc1cc(C(=O)N2C(=O)Oc3cc(S(=O)(=O)[O-])cc4cc(S(=O)(=O)[O-])cc2c34)ccc1C.[Na+].[Na+].[Na+].[Na+]. The van der Waals surface area contributed by atoms with Gasteiger partial charge in [0.2, 0.25) is 0 Å². The van der Waals surface area contributed by atoms with E-state index in [2.05, 4.69) is 10.6 Å². The fourth-order valence-corrected chi connectivity index (χ4v) is 9.17. The summed E-state index contributed by atoms with van der Waals surface area (Å²) in [5.41, 5.74) is -1.15. The molecule has 340 valence electrons. The topological polar surface area (TPSA) is 363 Å². The molecule has 2 heterocycles. The molecule has 0 aromatic heterocycles. The van der Waals surface area contributed by atoms with Gasteiger partial charge in [-0.1, -0.05) is 12.1 Å². The van der Waals surface area contributed by atoms with Gasteiger partial charge in [0.1, 0.15) is 52.0 Å². The second-order valence-electron chi connectivity index (χ2n) is 14.4. The predicted molar refractivity (Wildman–Crippen MR) is 220 cm³/mol. The first-order chi connectivity index (χ1) is 30.6. The Kier molecular flexibility index (Phi) is 18.0. The number of aryl methyl sites for hydroxylation is 2. The average Bonchev–Trinajstić information content (AvgIpc) is 3.20. The van der Waals surface area contributed by atoms with Crippen molar-refractivity contribution in [3.05, 3.63) is 107 Å². The molecule has 0 fully saturated rings. The van der Waals surface area contributed by atoms with E-state index < -0.39 is 113 Å². The van der Waals surface area contributed by atoms with Crippen molar-refractivity contribution in [2.45, 2.75) is 33.4 Å². The molecule has 2 aliphatic rings. The maximum absolute atomic E-state index is 14.0. The molecular weight excluding hydrogens is 1050 g/mol. The fourth-order valence-electron chi connectivity index (χ4n) is 7.07. The third-order valence-corrected chi connectivity index (χ3v) is 13.4. The van der Waals surface area contributed by atoms with Crippen molar-refractivity contribution in [3.63, 3.8) is 0 Å². The molecule has 70 heavy (non-hydrogen) atoms. The quantitative estimate of drug-likeness (QED) is 0.106. The third kappa shape index (κ3) is 11.5. The average molecular weight is 1070 g/mol. The number of ether oxygens (including phenoxy) is 2. The Bertz CT molecular complexity index is 3510. The van der Waals surface area contributed by atoms with Crippen molar-refractivity contribution in [3.8, 4) is 11.5 Å². The van der Waals surface area contributed by atoms with Gasteiger partial charge in [0.05, 0.1) is 31.0 Å². The van der Waals surface area contributed by atoms with Crippen LogP contribution in [-0.2, 0) is 40.5 Å². The number of benzene rings is 6. The molecule has 0 saturated heterocycles. The van der Waals surface area contributed by atoms with Gasteiger partial charge < -0.3 is 38.3 Å². The van der Waals surface area contributed by atoms with Gasteiger partial charge in [0.15, 0.2) is 0 Å². The number of anilines is 4. The summed E-state index contributed by atoms with van der Waals surface area (Å²) in [7, 11) is -21.0. The Balaban J connectivity index is 0.00000266. The maximum atomic E-state index is 14.0. The first-order valence-electron chi connectivity index (χ1n) is 18.1. The molecule has 6 amide bonds. The molecule has 8 rings (SSSR count). The number of amides is 6. The van der Waals surface area contributed by atoms with Crippen LogP contribution in [0.5, 0.6) is 11.5 Å². The fraction of sp³-hybridized carbons (Fsp3) is 0.0513. The van der Waals surface area contributed by atoms with E-state index >= 15 is 0 Å². The molecule has 0 atom stereocenters. The monoisotopic (exact) mass is 1070 g/mol. The van der Waals surface area contributed by atoms with Crippen molar-refractivity contribution in [2.24, 2.45) is 0 Å². The van der Waals surface area contributed by atoms with Crippen LogP contribution in [0.4, 0.5) is 37.1 Å². The summed E-state index contributed by atoms with van der Waals surface area (Å²) in [5.74, 6) is -3.46. The van der Waals surface area contributed by atoms with Gasteiger partial charge >= 0.3 is 136 Å². The van der Waals surface area contributed by atoms with E-state index in [0.29, 0.717) is 45.2 Å². The summed E-state index contributed by atoms with van der Waals surface area (Å²) in [6.45, 7) is 3.02. The van der Waals surface area contributed by atoms with E-state index in [1.54, 1.807) is 0 Å². The molecule has 0 radical (unpaired) electrons. The van der Waals surface area contributed by atoms with Gasteiger partial charge in [-0.25, -0.2) is 57.9 Å². The normalized spacial score (nSPS) is 13.1. The Morgan fingerprint density at radius 2 is 0.771 bits per heavy atom.